The van der Waals surface area contributed by atoms with E-state index in [9.17, 15) is 4.79 Å². The van der Waals surface area contributed by atoms with Crippen molar-refractivity contribution in [3.05, 3.63) is 47.0 Å². The second-order valence-electron chi connectivity index (χ2n) is 3.33. The van der Waals surface area contributed by atoms with Crippen LogP contribution in [0.3, 0.4) is 0 Å². The molecule has 0 aliphatic carbocycles. The fraction of sp³-hybridized carbons (Fsp3) is 0.0909. The molecule has 4 nitrogen and oxygen atoms in total. The first kappa shape index (κ1) is 10.9. The van der Waals surface area contributed by atoms with Gasteiger partial charge in [0.15, 0.2) is 0 Å². The summed E-state index contributed by atoms with van der Waals surface area (Å²) in [6, 6.07) is 5.47. The molecule has 2 rings (SSSR count). The van der Waals surface area contributed by atoms with Gasteiger partial charge in [-0.25, -0.2) is 4.98 Å². The Morgan fingerprint density at radius 1 is 1.50 bits per heavy atom. The van der Waals surface area contributed by atoms with E-state index < -0.39 is 5.97 Å². The van der Waals surface area contributed by atoms with Crippen molar-refractivity contribution in [1.82, 2.24) is 9.55 Å². The van der Waals surface area contributed by atoms with Crippen LogP contribution in [0.2, 0.25) is 0 Å². The predicted octanol–water partition coefficient (Wildman–Crippen LogP) is 2.26. The molecule has 0 spiro atoms. The van der Waals surface area contributed by atoms with Gasteiger partial charge in [0.25, 0.3) is 0 Å². The molecular weight excluding hydrogens is 272 g/mol. The van der Waals surface area contributed by atoms with E-state index in [0.29, 0.717) is 0 Å². The van der Waals surface area contributed by atoms with Crippen molar-refractivity contribution in [3.63, 3.8) is 0 Å². The molecule has 0 aliphatic heterocycles. The molecule has 1 N–H and O–H groups in total. The maximum Gasteiger partial charge on any atom is 0.307 e. The van der Waals surface area contributed by atoms with Crippen molar-refractivity contribution in [1.29, 1.82) is 0 Å². The zero-order chi connectivity index (χ0) is 11.5. The van der Waals surface area contributed by atoms with Crippen LogP contribution in [-0.4, -0.2) is 20.6 Å². The van der Waals surface area contributed by atoms with Gasteiger partial charge in [-0.1, -0.05) is 6.07 Å². The van der Waals surface area contributed by atoms with Crippen molar-refractivity contribution < 1.29 is 9.90 Å². The maximum atomic E-state index is 10.6. The molecule has 0 unspecified atom stereocenters. The van der Waals surface area contributed by atoms with Gasteiger partial charge in [-0.15, -0.1) is 0 Å². The van der Waals surface area contributed by atoms with Gasteiger partial charge >= 0.3 is 5.97 Å². The number of nitrogens with zero attached hydrogens (tertiary/aromatic N) is 2. The van der Waals surface area contributed by atoms with E-state index in [2.05, 4.69) is 20.9 Å². The molecule has 5 heteroatoms. The molecule has 0 atom stereocenters. The lowest BCUT2D eigenvalue weighted by Crippen LogP contribution is -2.01. The van der Waals surface area contributed by atoms with E-state index in [-0.39, 0.29) is 6.42 Å². The molecule has 0 amide bonds. The number of rotatable bonds is 3. The first-order chi connectivity index (χ1) is 7.66. The zero-order valence-corrected chi connectivity index (χ0v) is 9.89. The molecule has 0 bridgehead atoms. The van der Waals surface area contributed by atoms with Gasteiger partial charge in [-0.05, 0) is 33.6 Å². The number of benzene rings is 1. The van der Waals surface area contributed by atoms with Crippen LogP contribution in [0.4, 0.5) is 0 Å². The van der Waals surface area contributed by atoms with Crippen LogP contribution in [0, 0.1) is 0 Å². The van der Waals surface area contributed by atoms with Gasteiger partial charge in [-0.3, -0.25) is 4.79 Å². The largest absolute Gasteiger partial charge is 0.481 e. The third-order valence-corrected chi connectivity index (χ3v) is 2.79. The molecule has 0 radical (unpaired) electrons. The van der Waals surface area contributed by atoms with Crippen LogP contribution < -0.4 is 0 Å². The smallest absolute Gasteiger partial charge is 0.307 e. The first-order valence-electron chi connectivity index (χ1n) is 4.65. The Bertz CT molecular complexity index is 509. The lowest BCUT2D eigenvalue weighted by molar-refractivity contribution is -0.136. The molecule has 1 aromatic heterocycles. The SMILES string of the molecule is O=C(O)Cc1ccc(-n2ccnc2)c(Br)c1. The Morgan fingerprint density at radius 2 is 2.31 bits per heavy atom. The molecule has 0 saturated heterocycles. The van der Waals surface area contributed by atoms with E-state index in [4.69, 9.17) is 5.11 Å². The quantitative estimate of drug-likeness (QED) is 0.938. The van der Waals surface area contributed by atoms with Crippen LogP contribution in [0.25, 0.3) is 5.69 Å². The maximum absolute atomic E-state index is 10.6. The highest BCUT2D eigenvalue weighted by Crippen LogP contribution is 2.22. The third-order valence-electron chi connectivity index (χ3n) is 2.15. The summed E-state index contributed by atoms with van der Waals surface area (Å²) >= 11 is 3.42. The Hall–Kier alpha value is -1.62. The Morgan fingerprint density at radius 3 is 2.88 bits per heavy atom. The Balaban J connectivity index is 2.34. The average molecular weight is 281 g/mol. The lowest BCUT2D eigenvalue weighted by atomic mass is 10.1. The number of hydrogen-bond acceptors (Lipinski definition) is 2. The second kappa shape index (κ2) is 4.49. The number of aliphatic carboxylic acids is 1. The molecular formula is C11H9BrN2O2. The first-order valence-corrected chi connectivity index (χ1v) is 5.44. The van der Waals surface area contributed by atoms with Gasteiger partial charge in [0.1, 0.15) is 0 Å². The van der Waals surface area contributed by atoms with E-state index >= 15 is 0 Å². The van der Waals surface area contributed by atoms with E-state index in [1.54, 1.807) is 18.6 Å². The van der Waals surface area contributed by atoms with Gasteiger partial charge in [0, 0.05) is 16.9 Å². The minimum atomic E-state index is -0.831. The normalized spacial score (nSPS) is 10.3. The number of hydrogen-bond donors (Lipinski definition) is 1. The van der Waals surface area contributed by atoms with Crippen LogP contribution in [0.5, 0.6) is 0 Å². The molecule has 0 saturated carbocycles. The summed E-state index contributed by atoms with van der Waals surface area (Å²) in [6.07, 6.45) is 5.24. The third kappa shape index (κ3) is 2.30. The second-order valence-corrected chi connectivity index (χ2v) is 4.18. The van der Waals surface area contributed by atoms with Gasteiger partial charge in [0.05, 0.1) is 18.4 Å². The Kier molecular flexibility index (Phi) is 3.05. The highest BCUT2D eigenvalue weighted by Gasteiger charge is 2.05. The Labute approximate surface area is 101 Å². The summed E-state index contributed by atoms with van der Waals surface area (Å²) in [4.78, 5) is 14.5. The number of halogens is 1. The average Bonchev–Trinajstić information content (AvgIpc) is 2.69. The molecule has 2 aromatic rings. The summed E-state index contributed by atoms with van der Waals surface area (Å²) in [6.45, 7) is 0. The highest BCUT2D eigenvalue weighted by atomic mass is 79.9. The van der Waals surface area contributed by atoms with Gasteiger partial charge in [-0.2, -0.15) is 0 Å². The fourth-order valence-electron chi connectivity index (χ4n) is 1.45. The summed E-state index contributed by atoms with van der Waals surface area (Å²) < 4.78 is 2.71. The van der Waals surface area contributed by atoms with Crippen molar-refractivity contribution in [2.75, 3.05) is 0 Å². The molecule has 1 heterocycles. The van der Waals surface area contributed by atoms with Crippen molar-refractivity contribution in [3.8, 4) is 5.69 Å². The number of aromatic nitrogens is 2. The monoisotopic (exact) mass is 280 g/mol. The van der Waals surface area contributed by atoms with Crippen LogP contribution in [-0.2, 0) is 11.2 Å². The number of carboxylic acid groups (broad SMARTS) is 1. The van der Waals surface area contributed by atoms with E-state index in [0.717, 1.165) is 15.7 Å². The van der Waals surface area contributed by atoms with Crippen molar-refractivity contribution in [2.45, 2.75) is 6.42 Å². The molecule has 82 valence electrons. The van der Waals surface area contributed by atoms with Crippen molar-refractivity contribution in [2.24, 2.45) is 0 Å². The van der Waals surface area contributed by atoms with E-state index in [1.807, 2.05) is 22.9 Å². The minimum Gasteiger partial charge on any atom is -0.481 e. The number of carbonyl (C=O) groups is 1. The highest BCUT2D eigenvalue weighted by molar-refractivity contribution is 9.10. The standard InChI is InChI=1S/C11H9BrN2O2/c12-9-5-8(6-11(15)16)1-2-10(9)14-4-3-13-7-14/h1-5,7H,6H2,(H,15,16). The van der Waals surface area contributed by atoms with Crippen LogP contribution in [0.15, 0.2) is 41.4 Å². The minimum absolute atomic E-state index is 0.0306. The summed E-state index contributed by atoms with van der Waals surface area (Å²) in [7, 11) is 0. The number of imidazole rings is 1. The van der Waals surface area contributed by atoms with Crippen LogP contribution >= 0.6 is 15.9 Å². The summed E-state index contributed by atoms with van der Waals surface area (Å²) in [5, 5.41) is 8.68. The fourth-order valence-corrected chi connectivity index (χ4v) is 2.08. The number of carboxylic acids is 1. The summed E-state index contributed by atoms with van der Waals surface area (Å²) in [5.74, 6) is -0.831. The predicted molar refractivity (Wildman–Crippen MR) is 62.6 cm³/mol. The zero-order valence-electron chi connectivity index (χ0n) is 8.30. The van der Waals surface area contributed by atoms with Gasteiger partial charge < -0.3 is 9.67 Å². The van der Waals surface area contributed by atoms with Crippen LogP contribution in [0.1, 0.15) is 5.56 Å². The van der Waals surface area contributed by atoms with Gasteiger partial charge in [0.2, 0.25) is 0 Å². The molecule has 16 heavy (non-hydrogen) atoms. The topological polar surface area (TPSA) is 55.1 Å². The summed E-state index contributed by atoms with van der Waals surface area (Å²) in [5.41, 5.74) is 1.70. The molecule has 0 fully saturated rings. The molecule has 1 aromatic carbocycles. The molecule has 0 aliphatic rings. The van der Waals surface area contributed by atoms with Crippen molar-refractivity contribution >= 4 is 21.9 Å². The lowest BCUT2D eigenvalue weighted by Gasteiger charge is -2.06. The van der Waals surface area contributed by atoms with E-state index in [1.165, 1.54) is 0 Å².